The Labute approximate surface area is 154 Å². The molecule has 1 saturated carbocycles. The first-order chi connectivity index (χ1) is 11.8. The molecule has 6 heteroatoms. The van der Waals surface area contributed by atoms with Crippen LogP contribution in [0.3, 0.4) is 0 Å². The maximum absolute atomic E-state index is 9.33. The maximum atomic E-state index is 9.33. The van der Waals surface area contributed by atoms with Crippen LogP contribution in [-0.4, -0.2) is 35.4 Å². The summed E-state index contributed by atoms with van der Waals surface area (Å²) in [6.45, 7) is 1.11. The van der Waals surface area contributed by atoms with Crippen molar-refractivity contribution >= 4 is 23.2 Å². The fourth-order valence-corrected chi connectivity index (χ4v) is 3.33. The van der Waals surface area contributed by atoms with Gasteiger partial charge in [0.15, 0.2) is 0 Å². The van der Waals surface area contributed by atoms with Crippen molar-refractivity contribution in [3.05, 3.63) is 36.2 Å². The molecule has 0 saturated heterocycles. The Balaban J connectivity index is 0.00000225. The Morgan fingerprint density at radius 2 is 2.04 bits per heavy atom. The van der Waals surface area contributed by atoms with Gasteiger partial charge in [-0.1, -0.05) is 12.1 Å². The predicted molar refractivity (Wildman–Crippen MR) is 100 cm³/mol. The standard InChI is InChI=1S/C19H23N3O2.ClH/c20-11-15-13-21-12-14-3-1-4-18(19(14)15)24-17-7-5-16(6-8-17)22-9-2-10-23;/h1,3-4,12-13,16-17,22-23H,2,5-10H2;1H/t16-,17-;. The van der Waals surface area contributed by atoms with Crippen molar-refractivity contribution in [3.8, 4) is 11.8 Å². The van der Waals surface area contributed by atoms with E-state index >= 15 is 0 Å². The van der Waals surface area contributed by atoms with Gasteiger partial charge in [-0.2, -0.15) is 5.26 Å². The zero-order valence-electron chi connectivity index (χ0n) is 14.1. The molecule has 0 radical (unpaired) electrons. The van der Waals surface area contributed by atoms with E-state index in [0.29, 0.717) is 11.6 Å². The van der Waals surface area contributed by atoms with Crippen molar-refractivity contribution in [1.82, 2.24) is 10.3 Å². The molecule has 3 rings (SSSR count). The second-order valence-electron chi connectivity index (χ2n) is 6.28. The van der Waals surface area contributed by atoms with Gasteiger partial charge < -0.3 is 15.2 Å². The molecule has 134 valence electrons. The summed E-state index contributed by atoms with van der Waals surface area (Å²) >= 11 is 0. The lowest BCUT2D eigenvalue weighted by molar-refractivity contribution is 0.141. The monoisotopic (exact) mass is 361 g/mol. The minimum absolute atomic E-state index is 0. The van der Waals surface area contributed by atoms with Gasteiger partial charge in [-0.15, -0.1) is 12.4 Å². The molecule has 0 spiro atoms. The molecule has 0 amide bonds. The summed E-state index contributed by atoms with van der Waals surface area (Å²) in [4.78, 5) is 4.11. The quantitative estimate of drug-likeness (QED) is 0.772. The number of pyridine rings is 1. The van der Waals surface area contributed by atoms with Crippen LogP contribution in [0.25, 0.3) is 10.8 Å². The molecule has 1 fully saturated rings. The van der Waals surface area contributed by atoms with Crippen LogP contribution in [0.2, 0.25) is 0 Å². The number of aliphatic hydroxyl groups excluding tert-OH is 1. The van der Waals surface area contributed by atoms with Gasteiger partial charge in [-0.3, -0.25) is 4.98 Å². The highest BCUT2D eigenvalue weighted by molar-refractivity contribution is 5.92. The van der Waals surface area contributed by atoms with Gasteiger partial charge in [-0.25, -0.2) is 0 Å². The predicted octanol–water partition coefficient (Wildman–Crippen LogP) is 3.19. The van der Waals surface area contributed by atoms with E-state index in [-0.39, 0.29) is 25.1 Å². The molecule has 0 bridgehead atoms. The zero-order valence-corrected chi connectivity index (χ0v) is 15.0. The molecule has 0 aliphatic heterocycles. The summed E-state index contributed by atoms with van der Waals surface area (Å²) < 4.78 is 6.24. The Hall–Kier alpha value is -1.87. The van der Waals surface area contributed by atoms with Gasteiger partial charge in [0.25, 0.3) is 0 Å². The molecule has 5 nitrogen and oxygen atoms in total. The van der Waals surface area contributed by atoms with Gasteiger partial charge in [0, 0.05) is 35.8 Å². The summed E-state index contributed by atoms with van der Waals surface area (Å²) in [6.07, 6.45) is 8.51. The fourth-order valence-electron chi connectivity index (χ4n) is 3.33. The number of rotatable bonds is 6. The lowest BCUT2D eigenvalue weighted by atomic mass is 9.92. The van der Waals surface area contributed by atoms with Crippen LogP contribution in [0.4, 0.5) is 0 Å². The van der Waals surface area contributed by atoms with E-state index < -0.39 is 0 Å². The van der Waals surface area contributed by atoms with Crippen LogP contribution in [-0.2, 0) is 0 Å². The Bertz CT molecular complexity index is 719. The summed E-state index contributed by atoms with van der Waals surface area (Å²) in [7, 11) is 0. The van der Waals surface area contributed by atoms with Gasteiger partial charge in [0.05, 0.1) is 11.7 Å². The van der Waals surface area contributed by atoms with Crippen LogP contribution in [0.15, 0.2) is 30.6 Å². The van der Waals surface area contributed by atoms with Crippen molar-refractivity contribution in [2.75, 3.05) is 13.2 Å². The first kappa shape index (κ1) is 19.5. The summed E-state index contributed by atoms with van der Waals surface area (Å²) in [5, 5.41) is 23.5. The van der Waals surface area contributed by atoms with E-state index in [1.165, 1.54) is 0 Å². The van der Waals surface area contributed by atoms with E-state index in [1.54, 1.807) is 12.4 Å². The number of hydrogen-bond acceptors (Lipinski definition) is 5. The molecule has 25 heavy (non-hydrogen) atoms. The van der Waals surface area contributed by atoms with Crippen LogP contribution in [0.1, 0.15) is 37.7 Å². The molecule has 0 atom stereocenters. The molecular formula is C19H24ClN3O2. The second-order valence-corrected chi connectivity index (χ2v) is 6.28. The number of benzene rings is 1. The lowest BCUT2D eigenvalue weighted by Crippen LogP contribution is -2.37. The first-order valence-electron chi connectivity index (χ1n) is 8.59. The Kier molecular flexibility index (Phi) is 7.45. The van der Waals surface area contributed by atoms with Crippen LogP contribution in [0, 0.1) is 11.3 Å². The highest BCUT2D eigenvalue weighted by atomic mass is 35.5. The van der Waals surface area contributed by atoms with Crippen molar-refractivity contribution in [2.24, 2.45) is 0 Å². The van der Waals surface area contributed by atoms with Gasteiger partial charge >= 0.3 is 0 Å². The third kappa shape index (κ3) is 4.82. The second kappa shape index (κ2) is 9.57. The molecule has 0 unspecified atom stereocenters. The average Bonchev–Trinajstić information content (AvgIpc) is 2.63. The number of aromatic nitrogens is 1. The van der Waals surface area contributed by atoms with E-state index in [4.69, 9.17) is 9.84 Å². The Morgan fingerprint density at radius 3 is 2.76 bits per heavy atom. The van der Waals surface area contributed by atoms with Crippen LogP contribution < -0.4 is 10.1 Å². The molecule has 2 aromatic rings. The fraction of sp³-hybridized carbons (Fsp3) is 0.474. The van der Waals surface area contributed by atoms with Crippen molar-refractivity contribution in [3.63, 3.8) is 0 Å². The SMILES string of the molecule is Cl.N#Cc1cncc2cccc(O[C@H]3CC[C@H](NCCCO)CC3)c12. The van der Waals surface area contributed by atoms with Crippen LogP contribution >= 0.6 is 12.4 Å². The number of fused-ring (bicyclic) bond motifs is 1. The van der Waals surface area contributed by atoms with E-state index in [1.807, 2.05) is 18.2 Å². The highest BCUT2D eigenvalue weighted by Crippen LogP contribution is 2.31. The molecule has 1 aliphatic carbocycles. The number of ether oxygens (including phenoxy) is 1. The minimum atomic E-state index is 0. The molecule has 1 aromatic carbocycles. The van der Waals surface area contributed by atoms with Gasteiger partial charge in [-0.05, 0) is 44.7 Å². The smallest absolute Gasteiger partial charge is 0.128 e. The molecule has 1 heterocycles. The van der Waals surface area contributed by atoms with E-state index in [0.717, 1.165) is 55.2 Å². The van der Waals surface area contributed by atoms with Gasteiger partial charge in [0.2, 0.25) is 0 Å². The summed E-state index contributed by atoms with van der Waals surface area (Å²) in [5.74, 6) is 0.781. The number of nitrogens with zero attached hydrogens (tertiary/aromatic N) is 2. The maximum Gasteiger partial charge on any atom is 0.128 e. The van der Waals surface area contributed by atoms with Gasteiger partial charge in [0.1, 0.15) is 11.8 Å². The summed E-state index contributed by atoms with van der Waals surface area (Å²) in [5.41, 5.74) is 0.558. The highest BCUT2D eigenvalue weighted by Gasteiger charge is 2.22. The topological polar surface area (TPSA) is 78.2 Å². The number of halogens is 1. The first-order valence-corrected chi connectivity index (χ1v) is 8.59. The number of nitriles is 1. The molecule has 2 N–H and O–H groups in total. The lowest BCUT2D eigenvalue weighted by Gasteiger charge is -2.30. The van der Waals surface area contributed by atoms with Crippen molar-refractivity contribution < 1.29 is 9.84 Å². The third-order valence-electron chi connectivity index (χ3n) is 4.60. The number of aliphatic hydroxyl groups is 1. The van der Waals surface area contributed by atoms with Crippen molar-refractivity contribution in [1.29, 1.82) is 5.26 Å². The average molecular weight is 362 g/mol. The minimum Gasteiger partial charge on any atom is -0.490 e. The number of hydrogen-bond donors (Lipinski definition) is 2. The van der Waals surface area contributed by atoms with E-state index in [2.05, 4.69) is 16.4 Å². The summed E-state index contributed by atoms with van der Waals surface area (Å²) in [6, 6.07) is 8.57. The largest absolute Gasteiger partial charge is 0.490 e. The third-order valence-corrected chi connectivity index (χ3v) is 4.60. The molecule has 1 aliphatic rings. The van der Waals surface area contributed by atoms with Crippen LogP contribution in [0.5, 0.6) is 5.75 Å². The zero-order chi connectivity index (χ0) is 16.8. The number of nitrogens with one attached hydrogen (secondary N) is 1. The molecule has 1 aromatic heterocycles. The van der Waals surface area contributed by atoms with Crippen molar-refractivity contribution in [2.45, 2.75) is 44.2 Å². The molecular weight excluding hydrogens is 338 g/mol. The van der Waals surface area contributed by atoms with E-state index in [9.17, 15) is 5.26 Å². The normalized spacial score (nSPS) is 19.8. The Morgan fingerprint density at radius 1 is 1.24 bits per heavy atom.